The third-order valence-electron chi connectivity index (χ3n) is 10.6. The van der Waals surface area contributed by atoms with Gasteiger partial charge in [-0.1, -0.05) is 103 Å². The highest BCUT2D eigenvalue weighted by Gasteiger charge is 2.49. The van der Waals surface area contributed by atoms with E-state index >= 15 is 0 Å². The molecule has 6 N–H and O–H groups in total. The summed E-state index contributed by atoms with van der Waals surface area (Å²) in [5.41, 5.74) is 8.88. The van der Waals surface area contributed by atoms with Gasteiger partial charge in [-0.15, -0.1) is 0 Å². The molecule has 0 spiro atoms. The Morgan fingerprint density at radius 3 is 2.22 bits per heavy atom. The van der Waals surface area contributed by atoms with Gasteiger partial charge in [-0.05, 0) is 72.7 Å². The third-order valence-corrected chi connectivity index (χ3v) is 11.9. The van der Waals surface area contributed by atoms with Crippen molar-refractivity contribution < 1.29 is 23.1 Å². The smallest absolute Gasteiger partial charge is 0.248 e. The van der Waals surface area contributed by atoms with Gasteiger partial charge in [0, 0.05) is 37.6 Å². The monoisotopic (exact) mass is 765 g/mol. The van der Waals surface area contributed by atoms with Crippen molar-refractivity contribution in [2.45, 2.75) is 43.8 Å². The van der Waals surface area contributed by atoms with E-state index in [1.165, 1.54) is 6.07 Å². The minimum atomic E-state index is -3.49. The number of primary amides is 1. The highest BCUT2D eigenvalue weighted by Crippen LogP contribution is 2.43. The van der Waals surface area contributed by atoms with Gasteiger partial charge in [0.15, 0.2) is 0 Å². The van der Waals surface area contributed by atoms with E-state index in [-0.39, 0.29) is 17.2 Å². The summed E-state index contributed by atoms with van der Waals surface area (Å²) in [6.07, 6.45) is 2.23. The Morgan fingerprint density at radius 2 is 1.55 bits per heavy atom. The lowest BCUT2D eigenvalue weighted by molar-refractivity contribution is -0.123. The molecule has 5 aromatic rings. The molecule has 2 heterocycles. The van der Waals surface area contributed by atoms with Crippen LogP contribution in [-0.2, 0) is 26.8 Å². The molecule has 1 fully saturated rings. The van der Waals surface area contributed by atoms with Crippen molar-refractivity contribution >= 4 is 26.8 Å². The van der Waals surface area contributed by atoms with Crippen LogP contribution in [0.3, 0.4) is 0 Å². The number of carbonyl (C=O) groups excluding carboxylic acids is 1. The van der Waals surface area contributed by atoms with E-state index in [2.05, 4.69) is 19.9 Å². The molecule has 0 aliphatic carbocycles. The standard InChI is InChI=1S/C43H51N5O6S/c44-42(51)43(33-15-7-2-8-16-33,34-17-9-3-10-18-34)35-23-26-48(30-35)27-28-55(52,53)46-25-12-4-11-24-45-29-38(49)36-19-21-39(41-37(36)20-22-40(50)47-41)54-31-32-13-5-1-6-14-32/h1-3,5-10,13-22,35,38,45-46,49H,4,11-12,23-31H2,(H2,44,51)(H,47,50). The Hall–Kier alpha value is -4.85. The van der Waals surface area contributed by atoms with E-state index in [9.17, 15) is 23.1 Å². The molecule has 290 valence electrons. The highest BCUT2D eigenvalue weighted by atomic mass is 32.2. The molecule has 1 aromatic heterocycles. The molecule has 1 amide bonds. The number of aromatic nitrogens is 1. The van der Waals surface area contributed by atoms with Crippen molar-refractivity contribution in [1.82, 2.24) is 19.9 Å². The first-order valence-electron chi connectivity index (χ1n) is 19.0. The molecule has 0 bridgehead atoms. The normalized spacial score (nSPS) is 15.6. The number of amides is 1. The van der Waals surface area contributed by atoms with Crippen LogP contribution in [0.2, 0.25) is 0 Å². The molecule has 2 atom stereocenters. The molecule has 1 saturated heterocycles. The second kappa shape index (κ2) is 18.7. The molecule has 0 radical (unpaired) electrons. The van der Waals surface area contributed by atoms with Crippen LogP contribution in [0.5, 0.6) is 5.75 Å². The lowest BCUT2D eigenvalue weighted by Crippen LogP contribution is -2.49. The van der Waals surface area contributed by atoms with E-state index in [0.717, 1.165) is 41.3 Å². The second-order valence-corrected chi connectivity index (χ2v) is 16.1. The number of ether oxygens (including phenoxy) is 1. The maximum absolute atomic E-state index is 13.3. The van der Waals surface area contributed by atoms with Crippen LogP contribution < -0.4 is 26.1 Å². The number of hydrogen-bond donors (Lipinski definition) is 5. The second-order valence-electron chi connectivity index (χ2n) is 14.2. The van der Waals surface area contributed by atoms with Crippen LogP contribution in [0.4, 0.5) is 0 Å². The molecule has 0 saturated carbocycles. The summed E-state index contributed by atoms with van der Waals surface area (Å²) in [4.78, 5) is 30.5. The molecule has 1 aliphatic rings. The average Bonchev–Trinajstić information content (AvgIpc) is 3.67. The predicted molar refractivity (Wildman–Crippen MR) is 216 cm³/mol. The van der Waals surface area contributed by atoms with Gasteiger partial charge in [0.2, 0.25) is 21.5 Å². The van der Waals surface area contributed by atoms with Gasteiger partial charge >= 0.3 is 0 Å². The van der Waals surface area contributed by atoms with E-state index in [4.69, 9.17) is 10.5 Å². The summed E-state index contributed by atoms with van der Waals surface area (Å²) in [6, 6.07) is 35.8. The van der Waals surface area contributed by atoms with Crippen LogP contribution in [0.25, 0.3) is 10.9 Å². The Balaban J connectivity index is 0.917. The Morgan fingerprint density at radius 1 is 0.891 bits per heavy atom. The van der Waals surface area contributed by atoms with Gasteiger partial charge in [0.25, 0.3) is 0 Å². The van der Waals surface area contributed by atoms with Crippen molar-refractivity contribution in [1.29, 1.82) is 0 Å². The topological polar surface area (TPSA) is 167 Å². The van der Waals surface area contributed by atoms with Gasteiger partial charge < -0.3 is 30.8 Å². The molecule has 4 aromatic carbocycles. The first-order valence-corrected chi connectivity index (χ1v) is 20.6. The summed E-state index contributed by atoms with van der Waals surface area (Å²) in [5.74, 6) is 0.00699. The number of fused-ring (bicyclic) bond motifs is 1. The summed E-state index contributed by atoms with van der Waals surface area (Å²) >= 11 is 0. The van der Waals surface area contributed by atoms with Crippen molar-refractivity contribution in [3.8, 4) is 5.75 Å². The van der Waals surface area contributed by atoms with Crippen molar-refractivity contribution in [2.24, 2.45) is 11.7 Å². The average molecular weight is 766 g/mol. The van der Waals surface area contributed by atoms with E-state index in [0.29, 0.717) is 69.1 Å². The molecular formula is C43H51N5O6S. The fourth-order valence-electron chi connectivity index (χ4n) is 7.76. The Labute approximate surface area is 323 Å². The number of rotatable bonds is 20. The predicted octanol–water partition coefficient (Wildman–Crippen LogP) is 4.61. The molecule has 1 aliphatic heterocycles. The SMILES string of the molecule is NC(=O)C(c1ccccc1)(c1ccccc1)C1CCN(CCS(=O)(=O)NCCCCCNCC(O)c2ccc(OCc3ccccc3)c3[nH]c(=O)ccc23)C1. The zero-order chi connectivity index (χ0) is 38.7. The van der Waals surface area contributed by atoms with Crippen LogP contribution in [0.1, 0.15) is 54.0 Å². The largest absolute Gasteiger partial charge is 0.487 e. The number of likely N-dealkylation sites (tertiary alicyclic amines) is 1. The molecular weight excluding hydrogens is 715 g/mol. The number of benzene rings is 4. The fraction of sp³-hybridized carbons (Fsp3) is 0.349. The lowest BCUT2D eigenvalue weighted by Gasteiger charge is -2.37. The Bertz CT molecular complexity index is 2130. The van der Waals surface area contributed by atoms with Crippen molar-refractivity contribution in [3.63, 3.8) is 0 Å². The summed E-state index contributed by atoms with van der Waals surface area (Å²) in [5, 5.41) is 15.0. The van der Waals surface area contributed by atoms with E-state index in [1.807, 2.05) is 97.1 Å². The van der Waals surface area contributed by atoms with Crippen LogP contribution >= 0.6 is 0 Å². The summed E-state index contributed by atoms with van der Waals surface area (Å²) in [7, 11) is -3.49. The molecule has 12 heteroatoms. The number of sulfonamides is 1. The number of unbranched alkanes of at least 4 members (excludes halogenated alkanes) is 2. The number of nitrogens with two attached hydrogens (primary N) is 1. The number of carbonyl (C=O) groups is 1. The van der Waals surface area contributed by atoms with E-state index < -0.39 is 27.4 Å². The minimum absolute atomic E-state index is 0.0257. The zero-order valence-corrected chi connectivity index (χ0v) is 31.8. The van der Waals surface area contributed by atoms with Gasteiger partial charge in [0.1, 0.15) is 17.8 Å². The van der Waals surface area contributed by atoms with Crippen LogP contribution in [0, 0.1) is 5.92 Å². The van der Waals surface area contributed by atoms with Crippen LogP contribution in [0.15, 0.2) is 120 Å². The fourth-order valence-corrected chi connectivity index (χ4v) is 8.86. The van der Waals surface area contributed by atoms with Crippen molar-refractivity contribution in [2.75, 3.05) is 45.0 Å². The van der Waals surface area contributed by atoms with Crippen molar-refractivity contribution in [3.05, 3.63) is 148 Å². The van der Waals surface area contributed by atoms with Gasteiger partial charge in [-0.3, -0.25) is 9.59 Å². The number of aromatic amines is 1. The first kappa shape index (κ1) is 39.8. The van der Waals surface area contributed by atoms with E-state index in [1.54, 1.807) is 12.1 Å². The number of nitrogens with zero attached hydrogens (tertiary/aromatic N) is 1. The number of nitrogens with one attached hydrogen (secondary N) is 3. The van der Waals surface area contributed by atoms with Gasteiger partial charge in [-0.25, -0.2) is 13.1 Å². The molecule has 11 nitrogen and oxygen atoms in total. The maximum Gasteiger partial charge on any atom is 0.248 e. The van der Waals surface area contributed by atoms with Crippen LogP contribution in [-0.4, -0.2) is 74.3 Å². The number of pyridine rings is 1. The first-order chi connectivity index (χ1) is 26.7. The number of H-pyrrole nitrogens is 1. The molecule has 6 rings (SSSR count). The maximum atomic E-state index is 13.3. The molecule has 2 unspecified atom stereocenters. The van der Waals surface area contributed by atoms with Gasteiger partial charge in [-0.2, -0.15) is 0 Å². The number of aliphatic hydroxyl groups excluding tert-OH is 1. The highest BCUT2D eigenvalue weighted by molar-refractivity contribution is 7.89. The third kappa shape index (κ3) is 9.88. The molecule has 55 heavy (non-hydrogen) atoms. The summed E-state index contributed by atoms with van der Waals surface area (Å²) in [6.45, 7) is 3.29. The van der Waals surface area contributed by atoms with Gasteiger partial charge in [0.05, 0.1) is 17.4 Å². The quantitative estimate of drug-likeness (QED) is 0.0717. The minimum Gasteiger partial charge on any atom is -0.487 e. The zero-order valence-electron chi connectivity index (χ0n) is 31.0. The Kier molecular flexibility index (Phi) is 13.5. The lowest BCUT2D eigenvalue weighted by atomic mass is 9.64. The number of hydrogen-bond acceptors (Lipinski definition) is 8. The number of aliphatic hydroxyl groups is 1. The summed E-state index contributed by atoms with van der Waals surface area (Å²) < 4.78 is 34.6.